The summed E-state index contributed by atoms with van der Waals surface area (Å²) in [7, 11) is 1.43. The summed E-state index contributed by atoms with van der Waals surface area (Å²) in [6, 6.07) is 25.1. The highest BCUT2D eigenvalue weighted by molar-refractivity contribution is 6.01. The smallest absolute Gasteiger partial charge is 0.339 e. The predicted octanol–water partition coefficient (Wildman–Crippen LogP) is 8.10. The highest BCUT2D eigenvalue weighted by Crippen LogP contribution is 2.39. The number of nitrogens with one attached hydrogen (secondary N) is 2. The van der Waals surface area contributed by atoms with Crippen LogP contribution in [0.2, 0.25) is 0 Å². The quantitative estimate of drug-likeness (QED) is 0.227. The number of urea groups is 1. The van der Waals surface area contributed by atoms with E-state index in [2.05, 4.69) is 31.4 Å². The number of carbonyl (C=O) groups excluding carboxylic acids is 1. The van der Waals surface area contributed by atoms with Crippen LogP contribution in [-0.4, -0.2) is 24.2 Å². The average molecular weight is 525 g/mol. The van der Waals surface area contributed by atoms with Gasteiger partial charge in [0, 0.05) is 11.3 Å². The van der Waals surface area contributed by atoms with Gasteiger partial charge in [-0.2, -0.15) is 0 Å². The molecule has 4 aromatic rings. The van der Waals surface area contributed by atoms with E-state index in [1.165, 1.54) is 7.11 Å². The fourth-order valence-corrected chi connectivity index (χ4v) is 4.25. The van der Waals surface area contributed by atoms with Gasteiger partial charge in [-0.15, -0.1) is 0 Å². The van der Waals surface area contributed by atoms with Gasteiger partial charge in [0.15, 0.2) is 5.75 Å². The van der Waals surface area contributed by atoms with Crippen molar-refractivity contribution in [2.24, 2.45) is 0 Å². The van der Waals surface area contributed by atoms with Crippen LogP contribution in [0.4, 0.5) is 16.2 Å². The fraction of sp³-hybridized carbons (Fsp3) is 0.188. The third kappa shape index (κ3) is 6.57. The van der Waals surface area contributed by atoms with Gasteiger partial charge in [-0.1, -0.05) is 63.2 Å². The van der Waals surface area contributed by atoms with Gasteiger partial charge in [0.1, 0.15) is 17.1 Å². The van der Waals surface area contributed by atoms with E-state index in [-0.39, 0.29) is 16.7 Å². The number of para-hydroxylation sites is 1. The fourth-order valence-electron chi connectivity index (χ4n) is 4.25. The van der Waals surface area contributed by atoms with Gasteiger partial charge in [0.25, 0.3) is 0 Å². The molecule has 0 bridgehead atoms. The van der Waals surface area contributed by atoms with Crippen molar-refractivity contribution in [3.63, 3.8) is 0 Å². The van der Waals surface area contributed by atoms with E-state index in [1.807, 2.05) is 61.5 Å². The second-order valence-electron chi connectivity index (χ2n) is 10.2. The Hall–Kier alpha value is -4.78. The zero-order valence-electron chi connectivity index (χ0n) is 22.7. The first-order chi connectivity index (χ1) is 18.5. The number of aryl methyl sites for hydroxylation is 1. The Balaban J connectivity index is 1.74. The first kappa shape index (κ1) is 27.3. The van der Waals surface area contributed by atoms with E-state index >= 15 is 0 Å². The molecule has 2 amide bonds. The molecule has 0 saturated carbocycles. The molecule has 200 valence electrons. The van der Waals surface area contributed by atoms with Crippen molar-refractivity contribution < 1.29 is 24.2 Å². The van der Waals surface area contributed by atoms with Crippen LogP contribution in [0.3, 0.4) is 0 Å². The minimum atomic E-state index is -1.09. The zero-order chi connectivity index (χ0) is 28.2. The lowest BCUT2D eigenvalue weighted by molar-refractivity contribution is 0.0693. The van der Waals surface area contributed by atoms with Gasteiger partial charge in [-0.3, -0.25) is 0 Å². The molecule has 0 aliphatic rings. The van der Waals surface area contributed by atoms with Crippen LogP contribution in [0.15, 0.2) is 84.9 Å². The van der Waals surface area contributed by atoms with Crippen molar-refractivity contribution in [2.45, 2.75) is 33.1 Å². The Labute approximate surface area is 228 Å². The summed E-state index contributed by atoms with van der Waals surface area (Å²) in [6.45, 7) is 8.27. The Morgan fingerprint density at radius 2 is 1.46 bits per heavy atom. The molecule has 0 aliphatic heterocycles. The van der Waals surface area contributed by atoms with Gasteiger partial charge in [0.2, 0.25) is 0 Å². The predicted molar refractivity (Wildman–Crippen MR) is 154 cm³/mol. The lowest BCUT2D eigenvalue weighted by Gasteiger charge is -2.23. The Kier molecular flexibility index (Phi) is 7.91. The topological polar surface area (TPSA) is 96.9 Å². The monoisotopic (exact) mass is 524 g/mol. The van der Waals surface area contributed by atoms with Crippen molar-refractivity contribution in [3.05, 3.63) is 102 Å². The molecule has 4 aromatic carbocycles. The van der Waals surface area contributed by atoms with E-state index in [0.29, 0.717) is 34.0 Å². The Morgan fingerprint density at radius 1 is 0.769 bits per heavy atom. The summed E-state index contributed by atoms with van der Waals surface area (Å²) in [5, 5.41) is 15.4. The first-order valence-electron chi connectivity index (χ1n) is 12.5. The molecule has 0 aromatic heterocycles. The summed E-state index contributed by atoms with van der Waals surface area (Å²) in [5.74, 6) is 0.295. The number of anilines is 2. The minimum absolute atomic E-state index is 0.0427. The average Bonchev–Trinajstić information content (AvgIpc) is 2.89. The maximum atomic E-state index is 13.0. The van der Waals surface area contributed by atoms with E-state index < -0.39 is 12.0 Å². The summed E-state index contributed by atoms with van der Waals surface area (Å²) in [5.41, 5.74) is 4.35. The molecular weight excluding hydrogens is 492 g/mol. The molecular formula is C32H32N2O5. The standard InChI is InChI=1S/C32H32N2O5/c1-20-9-8-10-23(17-20)33-31(37)34-26-19-22(21-13-15-27(38-5)24(18-21)30(35)36)14-16-29(26)39-28-12-7-6-11-25(28)32(2,3)4/h6-19H,1-5H3,(H,35,36)(H2,33,34,37). The molecule has 0 radical (unpaired) electrons. The molecule has 0 spiro atoms. The number of amides is 2. The number of carbonyl (C=O) groups is 2. The lowest BCUT2D eigenvalue weighted by Crippen LogP contribution is -2.20. The number of ether oxygens (including phenoxy) is 2. The molecule has 0 fully saturated rings. The van der Waals surface area contributed by atoms with Crippen LogP contribution >= 0.6 is 0 Å². The van der Waals surface area contributed by atoms with Gasteiger partial charge in [-0.05, 0) is 71.5 Å². The van der Waals surface area contributed by atoms with E-state index in [1.54, 1.807) is 30.3 Å². The van der Waals surface area contributed by atoms with E-state index in [0.717, 1.165) is 11.1 Å². The van der Waals surface area contributed by atoms with Gasteiger partial charge in [0.05, 0.1) is 12.8 Å². The van der Waals surface area contributed by atoms with Crippen LogP contribution in [0.25, 0.3) is 11.1 Å². The van der Waals surface area contributed by atoms with Crippen LogP contribution < -0.4 is 20.1 Å². The Morgan fingerprint density at radius 3 is 2.13 bits per heavy atom. The number of methoxy groups -OCH3 is 1. The van der Waals surface area contributed by atoms with Crippen LogP contribution in [-0.2, 0) is 5.41 Å². The second kappa shape index (κ2) is 11.3. The van der Waals surface area contributed by atoms with Crippen molar-refractivity contribution in [1.29, 1.82) is 0 Å². The molecule has 7 nitrogen and oxygen atoms in total. The maximum absolute atomic E-state index is 13.0. The van der Waals surface area contributed by atoms with E-state index in [9.17, 15) is 14.7 Å². The molecule has 4 rings (SSSR count). The molecule has 0 atom stereocenters. The first-order valence-corrected chi connectivity index (χ1v) is 12.5. The highest BCUT2D eigenvalue weighted by atomic mass is 16.5. The van der Waals surface area contributed by atoms with Crippen molar-refractivity contribution in [2.75, 3.05) is 17.7 Å². The number of aromatic carboxylic acids is 1. The van der Waals surface area contributed by atoms with Crippen LogP contribution in [0, 0.1) is 6.92 Å². The van der Waals surface area contributed by atoms with Gasteiger partial charge < -0.3 is 25.2 Å². The third-order valence-electron chi connectivity index (χ3n) is 6.18. The molecule has 0 aliphatic carbocycles. The second-order valence-corrected chi connectivity index (χ2v) is 10.2. The summed E-state index contributed by atoms with van der Waals surface area (Å²) in [4.78, 5) is 24.8. The van der Waals surface area contributed by atoms with Crippen molar-refractivity contribution >= 4 is 23.4 Å². The normalized spacial score (nSPS) is 11.0. The Bertz CT molecular complexity index is 1520. The van der Waals surface area contributed by atoms with Crippen LogP contribution in [0.1, 0.15) is 42.3 Å². The summed E-state index contributed by atoms with van der Waals surface area (Å²) >= 11 is 0. The van der Waals surface area contributed by atoms with Crippen molar-refractivity contribution in [1.82, 2.24) is 0 Å². The van der Waals surface area contributed by atoms with Gasteiger partial charge in [-0.25, -0.2) is 9.59 Å². The summed E-state index contributed by atoms with van der Waals surface area (Å²) in [6.07, 6.45) is 0. The van der Waals surface area contributed by atoms with Crippen molar-refractivity contribution in [3.8, 4) is 28.4 Å². The molecule has 0 saturated heterocycles. The zero-order valence-corrected chi connectivity index (χ0v) is 22.7. The number of hydrogen-bond donors (Lipinski definition) is 3. The molecule has 7 heteroatoms. The maximum Gasteiger partial charge on any atom is 0.339 e. The third-order valence-corrected chi connectivity index (χ3v) is 6.18. The van der Waals surface area contributed by atoms with E-state index in [4.69, 9.17) is 9.47 Å². The number of carboxylic acid groups (broad SMARTS) is 1. The number of hydrogen-bond acceptors (Lipinski definition) is 4. The lowest BCUT2D eigenvalue weighted by atomic mass is 9.86. The van der Waals surface area contributed by atoms with Crippen LogP contribution in [0.5, 0.6) is 17.2 Å². The largest absolute Gasteiger partial charge is 0.496 e. The summed E-state index contributed by atoms with van der Waals surface area (Å²) < 4.78 is 11.6. The minimum Gasteiger partial charge on any atom is -0.496 e. The molecule has 0 heterocycles. The van der Waals surface area contributed by atoms with Gasteiger partial charge >= 0.3 is 12.0 Å². The number of rotatable bonds is 7. The molecule has 39 heavy (non-hydrogen) atoms. The number of benzene rings is 4. The SMILES string of the molecule is COc1ccc(-c2ccc(Oc3ccccc3C(C)(C)C)c(NC(=O)Nc3cccc(C)c3)c2)cc1C(=O)O. The number of carboxylic acids is 1. The highest BCUT2D eigenvalue weighted by Gasteiger charge is 2.20. The molecule has 3 N–H and O–H groups in total. The molecule has 0 unspecified atom stereocenters.